The molecular formula is C4H7NO3S. The summed E-state index contributed by atoms with van der Waals surface area (Å²) in [6.45, 7) is 0.286. The second kappa shape index (κ2) is 4.20. The third-order valence-corrected chi connectivity index (χ3v) is 0.815. The van der Waals surface area contributed by atoms with E-state index in [4.69, 9.17) is 5.11 Å². The Balaban J connectivity index is 3.39. The molecule has 0 unspecified atom stereocenters. The van der Waals surface area contributed by atoms with Crippen molar-refractivity contribution in [3.05, 3.63) is 0 Å². The number of thiol groups is 1. The first-order chi connectivity index (χ1) is 4.18. The van der Waals surface area contributed by atoms with Crippen LogP contribution in [0.15, 0.2) is 0 Å². The van der Waals surface area contributed by atoms with E-state index in [0.29, 0.717) is 5.75 Å². The van der Waals surface area contributed by atoms with Gasteiger partial charge in [-0.3, -0.25) is 4.79 Å². The number of rotatable bonds is 2. The fraction of sp³-hybridized carbons (Fsp3) is 0.500. The van der Waals surface area contributed by atoms with E-state index >= 15 is 0 Å². The second-order valence-corrected chi connectivity index (χ2v) is 1.73. The van der Waals surface area contributed by atoms with Gasteiger partial charge in [0.2, 0.25) is 0 Å². The van der Waals surface area contributed by atoms with Crippen molar-refractivity contribution in [2.45, 2.75) is 0 Å². The van der Waals surface area contributed by atoms with Crippen LogP contribution >= 0.6 is 12.6 Å². The van der Waals surface area contributed by atoms with Gasteiger partial charge in [-0.1, -0.05) is 0 Å². The fourth-order valence-corrected chi connectivity index (χ4v) is 0.357. The number of hydrogen-bond acceptors (Lipinski definition) is 3. The number of hydrogen-bond donors (Lipinski definition) is 3. The van der Waals surface area contributed by atoms with E-state index in [1.165, 1.54) is 0 Å². The molecule has 0 aliphatic carbocycles. The minimum absolute atomic E-state index is 0.286. The number of aliphatic carboxylic acids is 1. The van der Waals surface area contributed by atoms with Gasteiger partial charge in [0.1, 0.15) is 0 Å². The van der Waals surface area contributed by atoms with Crippen molar-refractivity contribution in [3.8, 4) is 0 Å². The van der Waals surface area contributed by atoms with Gasteiger partial charge in [0.25, 0.3) is 0 Å². The van der Waals surface area contributed by atoms with Crippen LogP contribution in [0.4, 0.5) is 0 Å². The molecule has 0 aromatic carbocycles. The van der Waals surface area contributed by atoms with Crippen LogP contribution in [0.1, 0.15) is 0 Å². The van der Waals surface area contributed by atoms with Crippen molar-refractivity contribution < 1.29 is 14.7 Å². The van der Waals surface area contributed by atoms with Crippen LogP contribution in [-0.4, -0.2) is 29.3 Å². The molecule has 0 heterocycles. The summed E-state index contributed by atoms with van der Waals surface area (Å²) >= 11 is 3.76. The van der Waals surface area contributed by atoms with Crippen molar-refractivity contribution >= 4 is 24.5 Å². The molecule has 52 valence electrons. The van der Waals surface area contributed by atoms with Gasteiger partial charge in [0.15, 0.2) is 0 Å². The third-order valence-electron chi connectivity index (χ3n) is 0.592. The summed E-state index contributed by atoms with van der Waals surface area (Å²) in [5.74, 6) is -2.00. The Morgan fingerprint density at radius 1 is 1.56 bits per heavy atom. The highest BCUT2D eigenvalue weighted by Gasteiger charge is 2.07. The van der Waals surface area contributed by atoms with E-state index < -0.39 is 11.9 Å². The molecule has 0 aromatic rings. The predicted octanol–water partition coefficient (Wildman–Crippen LogP) is -0.883. The highest BCUT2D eigenvalue weighted by Crippen LogP contribution is 1.69. The first-order valence-electron chi connectivity index (χ1n) is 2.30. The molecule has 0 aliphatic rings. The van der Waals surface area contributed by atoms with E-state index in [2.05, 4.69) is 17.9 Å². The molecule has 0 saturated heterocycles. The molecule has 9 heavy (non-hydrogen) atoms. The summed E-state index contributed by atoms with van der Waals surface area (Å²) in [6, 6.07) is 0. The smallest absolute Gasteiger partial charge is 0.394 e. The fourth-order valence-electron chi connectivity index (χ4n) is 0.245. The van der Waals surface area contributed by atoms with Crippen LogP contribution in [-0.2, 0) is 9.59 Å². The van der Waals surface area contributed by atoms with Crippen molar-refractivity contribution in [3.63, 3.8) is 0 Å². The van der Waals surface area contributed by atoms with E-state index in [1.807, 2.05) is 0 Å². The second-order valence-electron chi connectivity index (χ2n) is 1.28. The highest BCUT2D eigenvalue weighted by atomic mass is 32.1. The zero-order valence-electron chi connectivity index (χ0n) is 4.63. The third kappa shape index (κ3) is 3.84. The number of carboxylic acid groups (broad SMARTS) is 1. The highest BCUT2D eigenvalue weighted by molar-refractivity contribution is 7.80. The molecule has 0 spiro atoms. The average Bonchev–Trinajstić information content (AvgIpc) is 1.82. The Bertz CT molecular complexity index is 125. The van der Waals surface area contributed by atoms with Gasteiger partial charge in [-0.25, -0.2) is 4.79 Å². The van der Waals surface area contributed by atoms with Crippen molar-refractivity contribution in [1.29, 1.82) is 0 Å². The Labute approximate surface area is 57.7 Å². The summed E-state index contributed by atoms with van der Waals surface area (Å²) in [6.07, 6.45) is 0. The van der Waals surface area contributed by atoms with E-state index in [-0.39, 0.29) is 6.54 Å². The molecule has 0 rings (SSSR count). The van der Waals surface area contributed by atoms with Crippen molar-refractivity contribution in [1.82, 2.24) is 5.32 Å². The van der Waals surface area contributed by atoms with Crippen LogP contribution in [0.5, 0.6) is 0 Å². The van der Waals surface area contributed by atoms with Gasteiger partial charge in [-0.05, 0) is 0 Å². The maximum Gasteiger partial charge on any atom is 0.394 e. The van der Waals surface area contributed by atoms with Gasteiger partial charge in [-0.15, -0.1) is 0 Å². The number of carboxylic acids is 1. The van der Waals surface area contributed by atoms with E-state index in [1.54, 1.807) is 0 Å². The summed E-state index contributed by atoms with van der Waals surface area (Å²) in [5.41, 5.74) is 0. The maximum atomic E-state index is 10.2. The zero-order valence-corrected chi connectivity index (χ0v) is 5.52. The van der Waals surface area contributed by atoms with Gasteiger partial charge < -0.3 is 10.4 Å². The standard InChI is InChI=1S/C4H7NO3S/c6-3(4(7)8)5-1-2-9/h9H,1-2H2,(H,5,6)(H,7,8). The molecule has 4 nitrogen and oxygen atoms in total. The summed E-state index contributed by atoms with van der Waals surface area (Å²) in [5, 5.41) is 10.1. The lowest BCUT2D eigenvalue weighted by Crippen LogP contribution is -2.31. The molecule has 1 amide bonds. The molecule has 0 aliphatic heterocycles. The minimum Gasteiger partial charge on any atom is -0.474 e. The lowest BCUT2D eigenvalue weighted by molar-refractivity contribution is -0.150. The lowest BCUT2D eigenvalue weighted by Gasteiger charge is -1.94. The van der Waals surface area contributed by atoms with Crippen molar-refractivity contribution in [2.24, 2.45) is 0 Å². The van der Waals surface area contributed by atoms with Gasteiger partial charge in [-0.2, -0.15) is 12.6 Å². The minimum atomic E-state index is -1.46. The molecule has 0 radical (unpaired) electrons. The number of carbonyl (C=O) groups is 2. The first kappa shape index (κ1) is 8.29. The Morgan fingerprint density at radius 3 is 2.44 bits per heavy atom. The molecule has 0 atom stereocenters. The lowest BCUT2D eigenvalue weighted by atomic mass is 10.6. The average molecular weight is 149 g/mol. The van der Waals surface area contributed by atoms with Gasteiger partial charge >= 0.3 is 11.9 Å². The summed E-state index contributed by atoms with van der Waals surface area (Å²) in [7, 11) is 0. The zero-order chi connectivity index (χ0) is 7.28. The SMILES string of the molecule is O=C(O)C(=O)NCCS. The van der Waals surface area contributed by atoms with Crippen molar-refractivity contribution in [2.75, 3.05) is 12.3 Å². The molecule has 5 heteroatoms. The normalized spacial score (nSPS) is 8.56. The molecule has 0 aromatic heterocycles. The Morgan fingerprint density at radius 2 is 2.11 bits per heavy atom. The summed E-state index contributed by atoms with van der Waals surface area (Å²) < 4.78 is 0. The summed E-state index contributed by atoms with van der Waals surface area (Å²) in [4.78, 5) is 19.9. The number of carbonyl (C=O) groups excluding carboxylic acids is 1. The van der Waals surface area contributed by atoms with Crippen LogP contribution in [0.25, 0.3) is 0 Å². The molecule has 0 saturated carbocycles. The predicted molar refractivity (Wildman–Crippen MR) is 34.5 cm³/mol. The van der Waals surface area contributed by atoms with Gasteiger partial charge in [0, 0.05) is 12.3 Å². The van der Waals surface area contributed by atoms with Crippen LogP contribution in [0.2, 0.25) is 0 Å². The molecule has 2 N–H and O–H groups in total. The first-order valence-corrected chi connectivity index (χ1v) is 2.93. The molecular weight excluding hydrogens is 142 g/mol. The number of nitrogens with one attached hydrogen (secondary N) is 1. The number of amides is 1. The van der Waals surface area contributed by atoms with E-state index in [0.717, 1.165) is 0 Å². The Hall–Kier alpha value is -0.710. The molecule has 0 bridgehead atoms. The van der Waals surface area contributed by atoms with E-state index in [9.17, 15) is 9.59 Å². The monoisotopic (exact) mass is 149 g/mol. The largest absolute Gasteiger partial charge is 0.474 e. The Kier molecular flexibility index (Phi) is 3.87. The van der Waals surface area contributed by atoms with Crippen LogP contribution in [0.3, 0.4) is 0 Å². The quantitative estimate of drug-likeness (QED) is 0.353. The van der Waals surface area contributed by atoms with Crippen LogP contribution in [0, 0.1) is 0 Å². The van der Waals surface area contributed by atoms with Gasteiger partial charge in [0.05, 0.1) is 0 Å². The maximum absolute atomic E-state index is 10.2. The van der Waals surface area contributed by atoms with Crippen LogP contribution < -0.4 is 5.32 Å². The molecule has 0 fully saturated rings. The topological polar surface area (TPSA) is 66.4 Å².